The first-order chi connectivity index (χ1) is 8.38. The molecule has 0 spiro atoms. The van der Waals surface area contributed by atoms with Crippen LogP contribution in [-0.4, -0.2) is 25.4 Å². The van der Waals surface area contributed by atoms with Crippen LogP contribution in [0.3, 0.4) is 0 Å². The summed E-state index contributed by atoms with van der Waals surface area (Å²) in [6.07, 6.45) is 1.09. The summed E-state index contributed by atoms with van der Waals surface area (Å²) < 4.78 is 23.1. The standard InChI is InChI=1S/C11H8ClNO3S2/c1-18(15,16)8-4-2-3-7(5-8)10(14)9-6-17-11(12)13-9/h2-6H,1H3. The molecular formula is C11H8ClNO3S2. The van der Waals surface area contributed by atoms with Crippen molar-refractivity contribution in [2.24, 2.45) is 0 Å². The number of sulfone groups is 1. The zero-order valence-electron chi connectivity index (χ0n) is 9.25. The highest BCUT2D eigenvalue weighted by atomic mass is 35.5. The number of rotatable bonds is 3. The monoisotopic (exact) mass is 301 g/mol. The van der Waals surface area contributed by atoms with Crippen LogP contribution in [0.2, 0.25) is 4.47 Å². The number of hydrogen-bond acceptors (Lipinski definition) is 5. The predicted octanol–water partition coefficient (Wildman–Crippen LogP) is 2.43. The fourth-order valence-corrected chi connectivity index (χ4v) is 2.78. The van der Waals surface area contributed by atoms with Crippen molar-refractivity contribution in [3.63, 3.8) is 0 Å². The molecule has 4 nitrogen and oxygen atoms in total. The van der Waals surface area contributed by atoms with Crippen molar-refractivity contribution in [1.82, 2.24) is 4.98 Å². The number of carbonyl (C=O) groups is 1. The fraction of sp³-hybridized carbons (Fsp3) is 0.0909. The Balaban J connectivity index is 2.43. The fourth-order valence-electron chi connectivity index (χ4n) is 1.37. The van der Waals surface area contributed by atoms with Gasteiger partial charge in [-0.3, -0.25) is 4.79 Å². The van der Waals surface area contributed by atoms with E-state index in [1.54, 1.807) is 6.07 Å². The number of aromatic nitrogens is 1. The third kappa shape index (κ3) is 2.77. The van der Waals surface area contributed by atoms with Gasteiger partial charge in [0.15, 0.2) is 14.3 Å². The lowest BCUT2D eigenvalue weighted by Gasteiger charge is -2.01. The van der Waals surface area contributed by atoms with Crippen LogP contribution in [0.4, 0.5) is 0 Å². The molecule has 0 bridgehead atoms. The van der Waals surface area contributed by atoms with E-state index in [2.05, 4.69) is 4.98 Å². The Morgan fingerprint density at radius 2 is 2.11 bits per heavy atom. The molecule has 7 heteroatoms. The first-order valence-electron chi connectivity index (χ1n) is 4.84. The molecule has 0 amide bonds. The number of halogens is 1. The van der Waals surface area contributed by atoms with Gasteiger partial charge >= 0.3 is 0 Å². The molecule has 0 fully saturated rings. The van der Waals surface area contributed by atoms with E-state index in [4.69, 9.17) is 11.6 Å². The van der Waals surface area contributed by atoms with Gasteiger partial charge < -0.3 is 0 Å². The van der Waals surface area contributed by atoms with Gasteiger partial charge in [-0.05, 0) is 12.1 Å². The lowest BCUT2D eigenvalue weighted by atomic mass is 10.1. The quantitative estimate of drug-likeness (QED) is 0.817. The molecule has 0 aliphatic carbocycles. The molecule has 0 saturated heterocycles. The molecule has 94 valence electrons. The van der Waals surface area contributed by atoms with Gasteiger partial charge in [-0.25, -0.2) is 13.4 Å². The van der Waals surface area contributed by atoms with Gasteiger partial charge in [-0.2, -0.15) is 0 Å². The number of ketones is 1. The van der Waals surface area contributed by atoms with Gasteiger partial charge in [-0.15, -0.1) is 11.3 Å². The molecule has 18 heavy (non-hydrogen) atoms. The number of thiazole rings is 1. The minimum absolute atomic E-state index is 0.106. The zero-order chi connectivity index (χ0) is 13.3. The van der Waals surface area contributed by atoms with E-state index >= 15 is 0 Å². The van der Waals surface area contributed by atoms with Crippen molar-refractivity contribution >= 4 is 38.6 Å². The first kappa shape index (κ1) is 13.2. The average Bonchev–Trinajstić information content (AvgIpc) is 2.74. The lowest BCUT2D eigenvalue weighted by Crippen LogP contribution is -2.04. The highest BCUT2D eigenvalue weighted by Crippen LogP contribution is 2.19. The maximum atomic E-state index is 12.0. The smallest absolute Gasteiger partial charge is 0.212 e. The molecule has 1 aromatic heterocycles. The van der Waals surface area contributed by atoms with Gasteiger partial charge in [0.05, 0.1) is 4.90 Å². The Morgan fingerprint density at radius 1 is 1.39 bits per heavy atom. The summed E-state index contributed by atoms with van der Waals surface area (Å²) in [4.78, 5) is 16.0. The summed E-state index contributed by atoms with van der Waals surface area (Å²) in [6, 6.07) is 5.85. The van der Waals surface area contributed by atoms with Crippen LogP contribution < -0.4 is 0 Å². The van der Waals surface area contributed by atoms with E-state index in [9.17, 15) is 13.2 Å². The van der Waals surface area contributed by atoms with Crippen molar-refractivity contribution in [1.29, 1.82) is 0 Å². The second kappa shape index (κ2) is 4.79. The van der Waals surface area contributed by atoms with E-state index in [1.165, 1.54) is 23.6 Å². The molecule has 1 heterocycles. The van der Waals surface area contributed by atoms with E-state index in [0.29, 0.717) is 0 Å². The van der Waals surface area contributed by atoms with Crippen LogP contribution in [0.1, 0.15) is 16.1 Å². The topological polar surface area (TPSA) is 64.1 Å². The third-order valence-electron chi connectivity index (χ3n) is 2.23. The normalized spacial score (nSPS) is 11.4. The number of benzene rings is 1. The predicted molar refractivity (Wildman–Crippen MR) is 70.1 cm³/mol. The molecule has 0 saturated carbocycles. The van der Waals surface area contributed by atoms with Gasteiger partial charge in [0, 0.05) is 17.2 Å². The minimum atomic E-state index is -3.33. The van der Waals surface area contributed by atoms with Gasteiger partial charge in [0.1, 0.15) is 5.69 Å². The Morgan fingerprint density at radius 3 is 2.67 bits per heavy atom. The van der Waals surface area contributed by atoms with Crippen LogP contribution >= 0.6 is 22.9 Å². The Hall–Kier alpha value is -1.24. The van der Waals surface area contributed by atoms with Crippen LogP contribution in [0.15, 0.2) is 34.5 Å². The second-order valence-corrected chi connectivity index (χ2v) is 7.07. The lowest BCUT2D eigenvalue weighted by molar-refractivity contribution is 0.103. The maximum absolute atomic E-state index is 12.0. The van der Waals surface area contributed by atoms with Gasteiger partial charge in [-0.1, -0.05) is 23.7 Å². The van der Waals surface area contributed by atoms with Crippen molar-refractivity contribution in [3.8, 4) is 0 Å². The molecule has 0 unspecified atom stereocenters. The van der Waals surface area contributed by atoms with Crippen molar-refractivity contribution < 1.29 is 13.2 Å². The summed E-state index contributed by atoms with van der Waals surface area (Å²) in [6.45, 7) is 0. The molecule has 0 radical (unpaired) electrons. The number of hydrogen-bond donors (Lipinski definition) is 0. The van der Waals surface area contributed by atoms with Gasteiger partial charge in [0.2, 0.25) is 5.78 Å². The summed E-state index contributed by atoms with van der Waals surface area (Å²) in [7, 11) is -3.33. The maximum Gasteiger partial charge on any atom is 0.212 e. The molecule has 1 aromatic carbocycles. The Bertz CT molecular complexity index is 707. The second-order valence-electron chi connectivity index (χ2n) is 3.61. The highest BCUT2D eigenvalue weighted by molar-refractivity contribution is 7.90. The Kier molecular flexibility index (Phi) is 3.52. The van der Waals surface area contributed by atoms with Crippen LogP contribution in [0.25, 0.3) is 0 Å². The van der Waals surface area contributed by atoms with Crippen LogP contribution in [0.5, 0.6) is 0 Å². The molecule has 0 aliphatic heterocycles. The molecule has 0 aliphatic rings. The van der Waals surface area contributed by atoms with Crippen LogP contribution in [-0.2, 0) is 9.84 Å². The first-order valence-corrected chi connectivity index (χ1v) is 7.98. The third-order valence-corrected chi connectivity index (χ3v) is 4.32. The average molecular weight is 302 g/mol. The minimum Gasteiger partial charge on any atom is -0.287 e. The SMILES string of the molecule is CS(=O)(=O)c1cccc(C(=O)c2csc(Cl)n2)c1. The number of nitrogens with zero attached hydrogens (tertiary/aromatic N) is 1. The largest absolute Gasteiger partial charge is 0.287 e. The van der Waals surface area contributed by atoms with Crippen molar-refractivity contribution in [2.45, 2.75) is 4.90 Å². The molecular weight excluding hydrogens is 294 g/mol. The van der Waals surface area contributed by atoms with Crippen molar-refractivity contribution in [3.05, 3.63) is 45.4 Å². The molecule has 0 atom stereocenters. The summed E-state index contributed by atoms with van der Waals surface area (Å²) in [5, 5.41) is 1.54. The van der Waals surface area contributed by atoms with E-state index < -0.39 is 9.84 Å². The van der Waals surface area contributed by atoms with Crippen molar-refractivity contribution in [2.75, 3.05) is 6.26 Å². The summed E-state index contributed by atoms with van der Waals surface area (Å²) in [5.74, 6) is -0.344. The van der Waals surface area contributed by atoms with E-state index in [-0.39, 0.29) is 26.4 Å². The molecule has 2 rings (SSSR count). The summed E-state index contributed by atoms with van der Waals surface area (Å²) in [5.41, 5.74) is 0.496. The highest BCUT2D eigenvalue weighted by Gasteiger charge is 2.15. The summed E-state index contributed by atoms with van der Waals surface area (Å²) >= 11 is 6.81. The number of carbonyl (C=O) groups excluding carboxylic acids is 1. The zero-order valence-corrected chi connectivity index (χ0v) is 11.6. The van der Waals surface area contributed by atoms with Crippen LogP contribution in [0, 0.1) is 0 Å². The molecule has 0 N–H and O–H groups in total. The van der Waals surface area contributed by atoms with E-state index in [0.717, 1.165) is 17.6 Å². The van der Waals surface area contributed by atoms with E-state index in [1.807, 2.05) is 0 Å². The van der Waals surface area contributed by atoms with Gasteiger partial charge in [0.25, 0.3) is 0 Å². The molecule has 2 aromatic rings. The Labute approximate surface area is 113 Å².